The predicted octanol–water partition coefficient (Wildman–Crippen LogP) is 3.36. The summed E-state index contributed by atoms with van der Waals surface area (Å²) in [5.41, 5.74) is 2.54. The van der Waals surface area contributed by atoms with Gasteiger partial charge in [-0.2, -0.15) is 0 Å². The summed E-state index contributed by atoms with van der Waals surface area (Å²) in [4.78, 5) is 0. The van der Waals surface area contributed by atoms with Crippen LogP contribution in [-0.4, -0.2) is 6.54 Å². The van der Waals surface area contributed by atoms with E-state index in [0.29, 0.717) is 5.56 Å². The zero-order chi connectivity index (χ0) is 11.4. The minimum Gasteiger partial charge on any atom is -0.307 e. The Bertz CT molecular complexity index is 358. The average molecular weight is 207 g/mol. The number of rotatable bonds is 4. The number of hydrogen-bond acceptors (Lipinski definition) is 1. The van der Waals surface area contributed by atoms with Gasteiger partial charge >= 0.3 is 0 Å². The van der Waals surface area contributed by atoms with Crippen LogP contribution in [0.4, 0.5) is 4.39 Å². The van der Waals surface area contributed by atoms with E-state index in [-0.39, 0.29) is 11.9 Å². The molecule has 15 heavy (non-hydrogen) atoms. The normalized spacial score (nSPS) is 12.5. The molecule has 0 saturated carbocycles. The number of likely N-dealkylation sites (N-methyl/N-ethyl adjacent to an activating group) is 1. The average Bonchev–Trinajstić information content (AvgIpc) is 2.15. The Labute approximate surface area is 91.0 Å². The molecule has 1 atom stereocenters. The number of hydrogen-bond donors (Lipinski definition) is 1. The van der Waals surface area contributed by atoms with Crippen LogP contribution in [0.3, 0.4) is 0 Å². The summed E-state index contributed by atoms with van der Waals surface area (Å²) in [5.74, 6) is -0.163. The summed E-state index contributed by atoms with van der Waals surface area (Å²) in [7, 11) is 0. The molecule has 0 aliphatic rings. The van der Waals surface area contributed by atoms with Crippen LogP contribution < -0.4 is 5.32 Å². The van der Waals surface area contributed by atoms with Gasteiger partial charge in [0, 0.05) is 5.56 Å². The molecule has 2 heteroatoms. The van der Waals surface area contributed by atoms with E-state index >= 15 is 0 Å². The lowest BCUT2D eigenvalue weighted by atomic mass is 9.99. The quantitative estimate of drug-likeness (QED) is 0.746. The second-order valence-corrected chi connectivity index (χ2v) is 3.86. The molecule has 0 heterocycles. The Balaban J connectivity index is 3.05. The molecule has 0 bridgehead atoms. The van der Waals surface area contributed by atoms with Gasteiger partial charge < -0.3 is 5.32 Å². The fraction of sp³-hybridized carbons (Fsp3) is 0.385. The second kappa shape index (κ2) is 5.08. The van der Waals surface area contributed by atoms with Crippen LogP contribution in [0.5, 0.6) is 0 Å². The smallest absolute Gasteiger partial charge is 0.128 e. The van der Waals surface area contributed by atoms with Crippen LogP contribution in [0, 0.1) is 12.7 Å². The van der Waals surface area contributed by atoms with Gasteiger partial charge in [0.05, 0.1) is 6.04 Å². The van der Waals surface area contributed by atoms with Gasteiger partial charge in [-0.1, -0.05) is 31.2 Å². The van der Waals surface area contributed by atoms with E-state index in [2.05, 4.69) is 11.9 Å². The maximum atomic E-state index is 13.7. The van der Waals surface area contributed by atoms with Gasteiger partial charge in [-0.25, -0.2) is 4.39 Å². The van der Waals surface area contributed by atoms with Crippen LogP contribution in [0.2, 0.25) is 0 Å². The molecule has 1 unspecified atom stereocenters. The lowest BCUT2D eigenvalue weighted by Crippen LogP contribution is -2.22. The molecule has 1 rings (SSSR count). The van der Waals surface area contributed by atoms with Crippen LogP contribution in [0.15, 0.2) is 30.4 Å². The highest BCUT2D eigenvalue weighted by Crippen LogP contribution is 2.23. The maximum absolute atomic E-state index is 13.7. The molecule has 0 saturated heterocycles. The second-order valence-electron chi connectivity index (χ2n) is 3.86. The molecule has 0 aliphatic carbocycles. The zero-order valence-corrected chi connectivity index (χ0v) is 9.60. The highest BCUT2D eigenvalue weighted by molar-refractivity contribution is 5.30. The molecule has 0 aliphatic heterocycles. The van der Waals surface area contributed by atoms with Crippen molar-refractivity contribution < 1.29 is 4.39 Å². The van der Waals surface area contributed by atoms with E-state index in [9.17, 15) is 4.39 Å². The van der Waals surface area contributed by atoms with Crippen molar-refractivity contribution in [2.45, 2.75) is 26.8 Å². The van der Waals surface area contributed by atoms with Gasteiger partial charge in [0.1, 0.15) is 5.82 Å². The first kappa shape index (κ1) is 11.9. The van der Waals surface area contributed by atoms with E-state index < -0.39 is 0 Å². The Morgan fingerprint density at radius 3 is 2.67 bits per heavy atom. The SMILES string of the molecule is C=C(C)C(NCC)c1ccc(C)cc1F. The zero-order valence-electron chi connectivity index (χ0n) is 9.60. The van der Waals surface area contributed by atoms with Crippen LogP contribution >= 0.6 is 0 Å². The molecule has 1 aromatic carbocycles. The summed E-state index contributed by atoms with van der Waals surface area (Å²) in [5, 5.41) is 3.22. The number of halogens is 1. The minimum absolute atomic E-state index is 0.0874. The molecule has 1 aromatic rings. The number of aryl methyl sites for hydroxylation is 1. The first-order valence-corrected chi connectivity index (χ1v) is 5.21. The van der Waals surface area contributed by atoms with E-state index in [1.807, 2.05) is 32.9 Å². The first-order chi connectivity index (χ1) is 7.06. The third kappa shape index (κ3) is 2.90. The van der Waals surface area contributed by atoms with Crippen molar-refractivity contribution in [3.05, 3.63) is 47.3 Å². The van der Waals surface area contributed by atoms with Crippen molar-refractivity contribution in [3.8, 4) is 0 Å². The Morgan fingerprint density at radius 1 is 1.53 bits per heavy atom. The Kier molecular flexibility index (Phi) is 4.04. The molecule has 0 aromatic heterocycles. The maximum Gasteiger partial charge on any atom is 0.128 e. The summed E-state index contributed by atoms with van der Waals surface area (Å²) < 4.78 is 13.7. The van der Waals surface area contributed by atoms with E-state index in [4.69, 9.17) is 0 Å². The summed E-state index contributed by atoms with van der Waals surface area (Å²) >= 11 is 0. The fourth-order valence-electron chi connectivity index (χ4n) is 1.62. The molecule has 0 spiro atoms. The minimum atomic E-state index is -0.163. The number of nitrogens with one attached hydrogen (secondary N) is 1. The van der Waals surface area contributed by atoms with Gasteiger partial charge in [0.15, 0.2) is 0 Å². The van der Waals surface area contributed by atoms with Crippen molar-refractivity contribution in [2.75, 3.05) is 6.54 Å². The number of benzene rings is 1. The van der Waals surface area contributed by atoms with Crippen molar-refractivity contribution in [1.29, 1.82) is 0 Å². The monoisotopic (exact) mass is 207 g/mol. The molecular formula is C13H18FN. The molecule has 0 amide bonds. The third-order valence-corrected chi connectivity index (χ3v) is 2.37. The Morgan fingerprint density at radius 2 is 2.20 bits per heavy atom. The highest BCUT2D eigenvalue weighted by atomic mass is 19.1. The summed E-state index contributed by atoms with van der Waals surface area (Å²) in [6.07, 6.45) is 0. The van der Waals surface area contributed by atoms with Gasteiger partial charge in [-0.3, -0.25) is 0 Å². The third-order valence-electron chi connectivity index (χ3n) is 2.37. The topological polar surface area (TPSA) is 12.0 Å². The van der Waals surface area contributed by atoms with Crippen LogP contribution in [-0.2, 0) is 0 Å². The lowest BCUT2D eigenvalue weighted by Gasteiger charge is -2.19. The standard InChI is InChI=1S/C13H18FN/c1-5-15-13(9(2)3)11-7-6-10(4)8-12(11)14/h6-8,13,15H,2,5H2,1,3-4H3. The van der Waals surface area contributed by atoms with E-state index in [1.165, 1.54) is 0 Å². The van der Waals surface area contributed by atoms with E-state index in [0.717, 1.165) is 17.7 Å². The summed E-state index contributed by atoms with van der Waals surface area (Å²) in [6.45, 7) is 10.5. The van der Waals surface area contributed by atoms with Crippen LogP contribution in [0.25, 0.3) is 0 Å². The molecule has 82 valence electrons. The van der Waals surface area contributed by atoms with Crippen LogP contribution in [0.1, 0.15) is 31.0 Å². The highest BCUT2D eigenvalue weighted by Gasteiger charge is 2.14. The van der Waals surface area contributed by atoms with Gasteiger partial charge in [-0.15, -0.1) is 0 Å². The fourth-order valence-corrected chi connectivity index (χ4v) is 1.62. The first-order valence-electron chi connectivity index (χ1n) is 5.21. The summed E-state index contributed by atoms with van der Waals surface area (Å²) in [6, 6.07) is 5.22. The van der Waals surface area contributed by atoms with E-state index in [1.54, 1.807) is 6.07 Å². The molecule has 0 fully saturated rings. The Hall–Kier alpha value is -1.15. The largest absolute Gasteiger partial charge is 0.307 e. The van der Waals surface area contributed by atoms with Gasteiger partial charge in [0.2, 0.25) is 0 Å². The molecular weight excluding hydrogens is 189 g/mol. The van der Waals surface area contributed by atoms with Gasteiger partial charge in [-0.05, 0) is 32.0 Å². The predicted molar refractivity (Wildman–Crippen MR) is 62.4 cm³/mol. The molecule has 0 radical (unpaired) electrons. The van der Waals surface area contributed by atoms with Crippen molar-refractivity contribution >= 4 is 0 Å². The van der Waals surface area contributed by atoms with Crippen molar-refractivity contribution in [2.24, 2.45) is 0 Å². The lowest BCUT2D eigenvalue weighted by molar-refractivity contribution is 0.554. The van der Waals surface area contributed by atoms with Gasteiger partial charge in [0.25, 0.3) is 0 Å². The van der Waals surface area contributed by atoms with Crippen molar-refractivity contribution in [1.82, 2.24) is 5.32 Å². The molecule has 1 nitrogen and oxygen atoms in total. The van der Waals surface area contributed by atoms with Crippen molar-refractivity contribution in [3.63, 3.8) is 0 Å². The molecule has 1 N–H and O–H groups in total.